The number of aromatic nitrogens is 1. The van der Waals surface area contributed by atoms with Gasteiger partial charge in [0, 0.05) is 29.3 Å². The molecule has 1 aromatic carbocycles. The molecule has 0 atom stereocenters. The summed E-state index contributed by atoms with van der Waals surface area (Å²) in [4.78, 5) is 32.4. The lowest BCUT2D eigenvalue weighted by atomic mass is 10.1. The lowest BCUT2D eigenvalue weighted by molar-refractivity contribution is -0.117. The smallest absolute Gasteiger partial charge is 0.254 e. The van der Waals surface area contributed by atoms with Crippen LogP contribution >= 0.6 is 11.3 Å². The highest BCUT2D eigenvalue weighted by atomic mass is 32.1. The first-order valence-corrected chi connectivity index (χ1v) is 10.2. The van der Waals surface area contributed by atoms with Crippen LogP contribution in [0.2, 0.25) is 0 Å². The summed E-state index contributed by atoms with van der Waals surface area (Å²) < 4.78 is 16.0. The first-order valence-electron chi connectivity index (χ1n) is 9.42. The third-order valence-electron chi connectivity index (χ3n) is 5.11. The minimum absolute atomic E-state index is 0.0430. The average Bonchev–Trinajstić information content (AvgIpc) is 3.52. The second-order valence-electron chi connectivity index (χ2n) is 7.04. The Labute approximate surface area is 172 Å². The summed E-state index contributed by atoms with van der Waals surface area (Å²) in [6, 6.07) is 3.32. The third kappa shape index (κ3) is 3.87. The molecule has 2 aliphatic rings. The average molecular weight is 417 g/mol. The molecule has 2 aromatic rings. The van der Waals surface area contributed by atoms with Crippen LogP contribution in [-0.2, 0) is 17.8 Å². The van der Waals surface area contributed by atoms with E-state index in [9.17, 15) is 9.59 Å². The molecule has 29 heavy (non-hydrogen) atoms. The van der Waals surface area contributed by atoms with Crippen molar-refractivity contribution in [3.05, 3.63) is 28.3 Å². The van der Waals surface area contributed by atoms with E-state index in [-0.39, 0.29) is 17.7 Å². The van der Waals surface area contributed by atoms with Gasteiger partial charge in [-0.25, -0.2) is 4.98 Å². The number of rotatable bonds is 6. The van der Waals surface area contributed by atoms with Crippen molar-refractivity contribution in [1.82, 2.24) is 9.88 Å². The second-order valence-corrected chi connectivity index (χ2v) is 8.13. The van der Waals surface area contributed by atoms with E-state index in [1.165, 1.54) is 32.7 Å². The number of carbonyl (C=O) groups is 2. The number of ether oxygens (including phenoxy) is 3. The highest BCUT2D eigenvalue weighted by Crippen LogP contribution is 2.39. The third-order valence-corrected chi connectivity index (χ3v) is 6.11. The van der Waals surface area contributed by atoms with Crippen molar-refractivity contribution >= 4 is 28.3 Å². The van der Waals surface area contributed by atoms with Crippen LogP contribution in [0.15, 0.2) is 12.1 Å². The normalized spacial score (nSPS) is 15.5. The Bertz CT molecular complexity index is 929. The van der Waals surface area contributed by atoms with Crippen molar-refractivity contribution in [2.75, 3.05) is 33.2 Å². The van der Waals surface area contributed by atoms with Gasteiger partial charge in [0.05, 0.1) is 33.6 Å². The summed E-state index contributed by atoms with van der Waals surface area (Å²) in [5, 5.41) is 3.52. The van der Waals surface area contributed by atoms with Gasteiger partial charge in [-0.3, -0.25) is 9.59 Å². The lowest BCUT2D eigenvalue weighted by Crippen LogP contribution is -2.35. The van der Waals surface area contributed by atoms with Crippen molar-refractivity contribution in [3.8, 4) is 17.2 Å². The fourth-order valence-electron chi connectivity index (χ4n) is 3.36. The summed E-state index contributed by atoms with van der Waals surface area (Å²) in [6.07, 6.45) is 2.56. The van der Waals surface area contributed by atoms with Crippen LogP contribution < -0.4 is 19.5 Å². The minimum atomic E-state index is -0.119. The van der Waals surface area contributed by atoms with E-state index < -0.39 is 0 Å². The van der Waals surface area contributed by atoms with E-state index in [0.717, 1.165) is 23.4 Å². The van der Waals surface area contributed by atoms with Crippen LogP contribution in [-0.4, -0.2) is 49.6 Å². The van der Waals surface area contributed by atoms with Crippen LogP contribution in [0.5, 0.6) is 17.2 Å². The van der Waals surface area contributed by atoms with Gasteiger partial charge in [0.15, 0.2) is 16.6 Å². The molecule has 1 aromatic heterocycles. The molecule has 1 aliphatic heterocycles. The van der Waals surface area contributed by atoms with Gasteiger partial charge in [0.2, 0.25) is 11.7 Å². The number of hydrogen-bond acceptors (Lipinski definition) is 7. The van der Waals surface area contributed by atoms with Crippen molar-refractivity contribution < 1.29 is 23.8 Å². The van der Waals surface area contributed by atoms with E-state index in [0.29, 0.717) is 47.5 Å². The van der Waals surface area contributed by atoms with E-state index in [1.54, 1.807) is 17.0 Å². The molecule has 1 aliphatic carbocycles. The molecular formula is C20H23N3O5S. The van der Waals surface area contributed by atoms with Crippen molar-refractivity contribution in [3.63, 3.8) is 0 Å². The zero-order chi connectivity index (χ0) is 20.5. The first-order chi connectivity index (χ1) is 14.0. The number of carbonyl (C=O) groups excluding carboxylic acids is 2. The molecule has 1 fully saturated rings. The highest BCUT2D eigenvalue weighted by molar-refractivity contribution is 7.15. The number of thiazole rings is 1. The second kappa shape index (κ2) is 7.90. The van der Waals surface area contributed by atoms with Gasteiger partial charge in [0.1, 0.15) is 0 Å². The van der Waals surface area contributed by atoms with Crippen LogP contribution in [0.1, 0.15) is 33.8 Å². The summed E-state index contributed by atoms with van der Waals surface area (Å²) in [5.41, 5.74) is 1.42. The number of hydrogen-bond donors (Lipinski definition) is 1. The number of benzene rings is 1. The van der Waals surface area contributed by atoms with Gasteiger partial charge < -0.3 is 24.4 Å². The molecular weight excluding hydrogens is 394 g/mol. The molecule has 0 radical (unpaired) electrons. The molecule has 154 valence electrons. The fourth-order valence-corrected chi connectivity index (χ4v) is 4.39. The standard InChI is InChI=1S/C20H23N3O5S/c1-26-14-8-12(9-15(27-2)17(14)28-3)19(25)23-7-6-13-16(10-23)29-20(21-13)22-18(24)11-4-5-11/h8-9,11H,4-7,10H2,1-3H3,(H,21,22,24). The van der Waals surface area contributed by atoms with E-state index in [1.807, 2.05) is 0 Å². The number of amides is 2. The molecule has 0 bridgehead atoms. The predicted molar refractivity (Wildman–Crippen MR) is 108 cm³/mol. The molecule has 0 saturated heterocycles. The molecule has 2 heterocycles. The van der Waals surface area contributed by atoms with E-state index in [2.05, 4.69) is 10.3 Å². The zero-order valence-electron chi connectivity index (χ0n) is 16.6. The molecule has 8 nitrogen and oxygen atoms in total. The van der Waals surface area contributed by atoms with E-state index >= 15 is 0 Å². The maximum absolute atomic E-state index is 13.1. The Kier molecular flexibility index (Phi) is 5.31. The molecule has 0 spiro atoms. The summed E-state index contributed by atoms with van der Waals surface area (Å²) in [5.74, 6) is 1.39. The quantitative estimate of drug-likeness (QED) is 0.777. The zero-order valence-corrected chi connectivity index (χ0v) is 17.4. The number of methoxy groups -OCH3 is 3. The maximum atomic E-state index is 13.1. The van der Waals surface area contributed by atoms with Crippen molar-refractivity contribution in [2.45, 2.75) is 25.8 Å². The largest absolute Gasteiger partial charge is 0.493 e. The predicted octanol–water partition coefficient (Wildman–Crippen LogP) is 2.72. The number of anilines is 1. The number of nitrogens with zero attached hydrogens (tertiary/aromatic N) is 2. The molecule has 2 amide bonds. The van der Waals surface area contributed by atoms with Crippen molar-refractivity contribution in [1.29, 1.82) is 0 Å². The Morgan fingerprint density at radius 1 is 1.14 bits per heavy atom. The van der Waals surface area contributed by atoms with E-state index in [4.69, 9.17) is 14.2 Å². The van der Waals surface area contributed by atoms with Crippen LogP contribution in [0.25, 0.3) is 0 Å². The van der Waals surface area contributed by atoms with Gasteiger partial charge in [-0.15, -0.1) is 0 Å². The van der Waals surface area contributed by atoms with Gasteiger partial charge in [-0.2, -0.15) is 0 Å². The highest BCUT2D eigenvalue weighted by Gasteiger charge is 2.31. The minimum Gasteiger partial charge on any atom is -0.493 e. The van der Waals surface area contributed by atoms with Gasteiger partial charge >= 0.3 is 0 Å². The van der Waals surface area contributed by atoms with Gasteiger partial charge in [-0.1, -0.05) is 11.3 Å². The molecule has 1 saturated carbocycles. The molecule has 0 unspecified atom stereocenters. The van der Waals surface area contributed by atoms with Crippen LogP contribution in [0, 0.1) is 5.92 Å². The number of nitrogens with one attached hydrogen (secondary N) is 1. The van der Waals surface area contributed by atoms with Gasteiger partial charge in [-0.05, 0) is 25.0 Å². The Morgan fingerprint density at radius 3 is 2.41 bits per heavy atom. The topological polar surface area (TPSA) is 90.0 Å². The summed E-state index contributed by atoms with van der Waals surface area (Å²) >= 11 is 1.44. The molecule has 1 N–H and O–H groups in total. The van der Waals surface area contributed by atoms with Crippen LogP contribution in [0.4, 0.5) is 5.13 Å². The van der Waals surface area contributed by atoms with Crippen LogP contribution in [0.3, 0.4) is 0 Å². The fraction of sp³-hybridized carbons (Fsp3) is 0.450. The Morgan fingerprint density at radius 2 is 1.83 bits per heavy atom. The lowest BCUT2D eigenvalue weighted by Gasteiger charge is -2.26. The monoisotopic (exact) mass is 417 g/mol. The Balaban J connectivity index is 1.52. The SMILES string of the molecule is COc1cc(C(=O)N2CCc3nc(NC(=O)C4CC4)sc3C2)cc(OC)c1OC. The maximum Gasteiger partial charge on any atom is 0.254 e. The molecule has 4 rings (SSSR count). The molecule has 9 heteroatoms. The van der Waals surface area contributed by atoms with Crippen molar-refractivity contribution in [2.24, 2.45) is 5.92 Å². The Hall–Kier alpha value is -2.81. The van der Waals surface area contributed by atoms with Gasteiger partial charge in [0.25, 0.3) is 5.91 Å². The number of fused-ring (bicyclic) bond motifs is 1. The summed E-state index contributed by atoms with van der Waals surface area (Å²) in [7, 11) is 4.57. The summed E-state index contributed by atoms with van der Waals surface area (Å²) in [6.45, 7) is 1.02. The first kappa shape index (κ1) is 19.5.